The van der Waals surface area contributed by atoms with E-state index in [0.29, 0.717) is 55.8 Å². The van der Waals surface area contributed by atoms with Crippen LogP contribution in [-0.4, -0.2) is 55.6 Å². The zero-order chi connectivity index (χ0) is 21.5. The van der Waals surface area contributed by atoms with Gasteiger partial charge in [0.25, 0.3) is 5.78 Å². The van der Waals surface area contributed by atoms with E-state index in [1.165, 1.54) is 10.8 Å². The molecule has 0 atom stereocenters. The zero-order valence-corrected chi connectivity index (χ0v) is 16.2. The van der Waals surface area contributed by atoms with Gasteiger partial charge in [0.2, 0.25) is 17.7 Å². The van der Waals surface area contributed by atoms with E-state index in [1.54, 1.807) is 12.1 Å². The van der Waals surface area contributed by atoms with E-state index in [0.717, 1.165) is 0 Å². The molecule has 1 aromatic carbocycles. The highest BCUT2D eigenvalue weighted by Crippen LogP contribution is 2.21. The normalized spacial score (nSPS) is 15.1. The number of nitrogens with two attached hydrogens (primary N) is 1. The average molecular weight is 430 g/mol. The number of nitrogens with zero attached hydrogens (tertiary/aromatic N) is 7. The van der Waals surface area contributed by atoms with Gasteiger partial charge < -0.3 is 15.1 Å². The van der Waals surface area contributed by atoms with Gasteiger partial charge in [0.05, 0.1) is 6.26 Å². The Labute approximate surface area is 173 Å². The molecule has 0 aliphatic carbocycles. The van der Waals surface area contributed by atoms with E-state index < -0.39 is 17.5 Å². The minimum absolute atomic E-state index is 0.0461. The number of hydrogen-bond donors (Lipinski definition) is 1. The topological polar surface area (TPSA) is 102 Å². The molecular formula is C19H17F3N8O. The quantitative estimate of drug-likeness (QED) is 0.525. The standard InChI is InChI=1S/C19H17F3N8O/c20-11-8-13(21)12(14(22)9-11)10-28-3-5-29(6-4-28)18-25-17(23)30-19(26-18)24-16(27-30)15-2-1-7-31-15/h1-2,7-9H,3-6,10H2,(H2,23,24,25,26,27). The first kappa shape index (κ1) is 19.3. The Kier molecular flexibility index (Phi) is 4.70. The molecule has 12 heteroatoms. The van der Waals surface area contributed by atoms with E-state index in [4.69, 9.17) is 10.2 Å². The summed E-state index contributed by atoms with van der Waals surface area (Å²) in [7, 11) is 0. The number of halogens is 3. The van der Waals surface area contributed by atoms with Gasteiger partial charge in [-0.1, -0.05) is 0 Å². The van der Waals surface area contributed by atoms with Gasteiger partial charge in [-0.25, -0.2) is 13.2 Å². The maximum Gasteiger partial charge on any atom is 0.259 e. The van der Waals surface area contributed by atoms with Crippen LogP contribution in [0.15, 0.2) is 34.9 Å². The fourth-order valence-electron chi connectivity index (χ4n) is 3.50. The van der Waals surface area contributed by atoms with Crippen molar-refractivity contribution in [1.29, 1.82) is 0 Å². The summed E-state index contributed by atoms with van der Waals surface area (Å²) in [4.78, 5) is 16.9. The Morgan fingerprint density at radius 2 is 1.74 bits per heavy atom. The molecule has 1 saturated heterocycles. The molecule has 1 aliphatic rings. The molecule has 1 fully saturated rings. The van der Waals surface area contributed by atoms with Crippen LogP contribution in [0.5, 0.6) is 0 Å². The molecule has 0 saturated carbocycles. The summed E-state index contributed by atoms with van der Waals surface area (Å²) in [6.45, 7) is 2.09. The van der Waals surface area contributed by atoms with Crippen LogP contribution >= 0.6 is 0 Å². The van der Waals surface area contributed by atoms with Crippen LogP contribution < -0.4 is 10.6 Å². The molecule has 2 N–H and O–H groups in total. The molecule has 0 amide bonds. The third kappa shape index (κ3) is 3.65. The van der Waals surface area contributed by atoms with Crippen LogP contribution in [-0.2, 0) is 6.54 Å². The molecule has 5 rings (SSSR count). The fourth-order valence-corrected chi connectivity index (χ4v) is 3.50. The largest absolute Gasteiger partial charge is 0.461 e. The van der Waals surface area contributed by atoms with Crippen molar-refractivity contribution in [2.75, 3.05) is 36.8 Å². The minimum atomic E-state index is -0.933. The fraction of sp³-hybridized carbons (Fsp3) is 0.263. The summed E-state index contributed by atoms with van der Waals surface area (Å²) in [6.07, 6.45) is 1.52. The second-order valence-corrected chi connectivity index (χ2v) is 7.12. The molecule has 4 aromatic rings. The molecule has 1 aliphatic heterocycles. The molecular weight excluding hydrogens is 413 g/mol. The van der Waals surface area contributed by atoms with Gasteiger partial charge in [-0.2, -0.15) is 19.5 Å². The third-order valence-corrected chi connectivity index (χ3v) is 5.11. The monoisotopic (exact) mass is 430 g/mol. The predicted octanol–water partition coefficient (Wildman–Crippen LogP) is 2.10. The molecule has 3 aromatic heterocycles. The number of furan rings is 1. The summed E-state index contributed by atoms with van der Waals surface area (Å²) in [5.41, 5.74) is 5.89. The number of piperazine rings is 1. The number of rotatable bonds is 4. The van der Waals surface area contributed by atoms with Crippen molar-refractivity contribution in [3.05, 3.63) is 53.5 Å². The summed E-state index contributed by atoms with van der Waals surface area (Å²) in [5.74, 6) is -1.08. The van der Waals surface area contributed by atoms with Crippen LogP contribution in [0.3, 0.4) is 0 Å². The van der Waals surface area contributed by atoms with Crippen molar-refractivity contribution in [3.8, 4) is 11.6 Å². The first-order chi connectivity index (χ1) is 15.0. The lowest BCUT2D eigenvalue weighted by Gasteiger charge is -2.34. The predicted molar refractivity (Wildman–Crippen MR) is 104 cm³/mol. The third-order valence-electron chi connectivity index (χ3n) is 5.11. The highest BCUT2D eigenvalue weighted by molar-refractivity contribution is 5.53. The van der Waals surface area contributed by atoms with Crippen LogP contribution in [0.2, 0.25) is 0 Å². The van der Waals surface area contributed by atoms with Crippen molar-refractivity contribution in [2.45, 2.75) is 6.54 Å². The molecule has 9 nitrogen and oxygen atoms in total. The van der Waals surface area contributed by atoms with Crippen LogP contribution in [0.1, 0.15) is 5.56 Å². The van der Waals surface area contributed by atoms with Crippen LogP contribution in [0, 0.1) is 17.5 Å². The highest BCUT2D eigenvalue weighted by Gasteiger charge is 2.23. The van der Waals surface area contributed by atoms with Gasteiger partial charge in [-0.3, -0.25) is 4.90 Å². The van der Waals surface area contributed by atoms with Crippen molar-refractivity contribution < 1.29 is 17.6 Å². The van der Waals surface area contributed by atoms with E-state index in [1.807, 2.05) is 9.80 Å². The Hall–Kier alpha value is -3.67. The lowest BCUT2D eigenvalue weighted by molar-refractivity contribution is 0.241. The Bertz CT molecular complexity index is 1210. The maximum atomic E-state index is 13.9. The van der Waals surface area contributed by atoms with Gasteiger partial charge in [0, 0.05) is 50.4 Å². The lowest BCUT2D eigenvalue weighted by Crippen LogP contribution is -2.46. The molecule has 0 radical (unpaired) electrons. The molecule has 0 unspecified atom stereocenters. The summed E-state index contributed by atoms with van der Waals surface area (Å²) < 4.78 is 47.6. The molecule has 4 heterocycles. The zero-order valence-electron chi connectivity index (χ0n) is 16.2. The van der Waals surface area contributed by atoms with E-state index in [-0.39, 0.29) is 23.8 Å². The van der Waals surface area contributed by atoms with E-state index in [9.17, 15) is 13.2 Å². The van der Waals surface area contributed by atoms with Gasteiger partial charge in [0.1, 0.15) is 17.5 Å². The number of fused-ring (bicyclic) bond motifs is 1. The van der Waals surface area contributed by atoms with Gasteiger partial charge in [-0.05, 0) is 12.1 Å². The van der Waals surface area contributed by atoms with Crippen molar-refractivity contribution in [1.82, 2.24) is 29.5 Å². The first-order valence-electron chi connectivity index (χ1n) is 9.53. The smallest absolute Gasteiger partial charge is 0.259 e. The maximum absolute atomic E-state index is 13.9. The molecule has 0 spiro atoms. The molecule has 0 bridgehead atoms. The van der Waals surface area contributed by atoms with Gasteiger partial charge in [0.15, 0.2) is 5.76 Å². The Balaban J connectivity index is 1.31. The summed E-state index contributed by atoms with van der Waals surface area (Å²) in [6, 6.07) is 4.84. The summed E-state index contributed by atoms with van der Waals surface area (Å²) >= 11 is 0. The Morgan fingerprint density at radius 1 is 1.00 bits per heavy atom. The second kappa shape index (κ2) is 7.54. The van der Waals surface area contributed by atoms with E-state index >= 15 is 0 Å². The average Bonchev–Trinajstić information content (AvgIpc) is 3.41. The van der Waals surface area contributed by atoms with Crippen molar-refractivity contribution >= 4 is 17.7 Å². The van der Waals surface area contributed by atoms with Gasteiger partial charge >= 0.3 is 0 Å². The van der Waals surface area contributed by atoms with Crippen molar-refractivity contribution in [3.63, 3.8) is 0 Å². The lowest BCUT2D eigenvalue weighted by atomic mass is 10.1. The van der Waals surface area contributed by atoms with Crippen molar-refractivity contribution in [2.24, 2.45) is 0 Å². The molecule has 31 heavy (non-hydrogen) atoms. The first-order valence-corrected chi connectivity index (χ1v) is 9.53. The van der Waals surface area contributed by atoms with E-state index in [2.05, 4.69) is 20.1 Å². The number of benzene rings is 1. The SMILES string of the molecule is Nc1nc(N2CCN(Cc3c(F)cc(F)cc3F)CC2)nc2nc(-c3ccco3)nn12. The van der Waals surface area contributed by atoms with Crippen LogP contribution in [0.4, 0.5) is 25.1 Å². The number of aromatic nitrogens is 5. The Morgan fingerprint density at radius 3 is 2.42 bits per heavy atom. The number of anilines is 2. The number of hydrogen-bond acceptors (Lipinski definition) is 8. The van der Waals surface area contributed by atoms with Crippen LogP contribution in [0.25, 0.3) is 17.4 Å². The summed E-state index contributed by atoms with van der Waals surface area (Å²) in [5, 5.41) is 4.26. The van der Waals surface area contributed by atoms with Gasteiger partial charge in [-0.15, -0.1) is 5.10 Å². The number of nitrogen functional groups attached to an aromatic ring is 1. The second-order valence-electron chi connectivity index (χ2n) is 7.12. The highest BCUT2D eigenvalue weighted by atomic mass is 19.1. The minimum Gasteiger partial charge on any atom is -0.461 e. The molecule has 160 valence electrons.